The second-order valence-corrected chi connectivity index (χ2v) is 10.1. The van der Waals surface area contributed by atoms with E-state index < -0.39 is 15.4 Å². The topological polar surface area (TPSA) is 49.4 Å². The molecule has 1 aliphatic rings. The lowest BCUT2D eigenvalue weighted by atomic mass is 9.88. The minimum Gasteiger partial charge on any atom is -0.378 e. The number of rotatable bonds is 6. The summed E-state index contributed by atoms with van der Waals surface area (Å²) in [4.78, 5) is 2.48. The van der Waals surface area contributed by atoms with Crippen molar-refractivity contribution in [3.8, 4) is 0 Å². The van der Waals surface area contributed by atoms with E-state index in [0.29, 0.717) is 4.90 Å². The van der Waals surface area contributed by atoms with Gasteiger partial charge in [-0.15, -0.1) is 0 Å². The number of nitrogens with zero attached hydrogens (tertiary/aromatic N) is 1. The highest BCUT2D eigenvalue weighted by atomic mass is 32.2. The molecule has 1 N–H and O–H groups in total. The Morgan fingerprint density at radius 1 is 1.11 bits per heavy atom. The Morgan fingerprint density at radius 2 is 1.82 bits per heavy atom. The van der Waals surface area contributed by atoms with Crippen molar-refractivity contribution in [2.24, 2.45) is 0 Å². The zero-order valence-corrected chi connectivity index (χ0v) is 18.2. The van der Waals surface area contributed by atoms with Crippen LogP contribution in [0.25, 0.3) is 0 Å². The van der Waals surface area contributed by atoms with Crippen LogP contribution in [-0.2, 0) is 9.84 Å². The van der Waals surface area contributed by atoms with Gasteiger partial charge in [0.2, 0.25) is 0 Å². The van der Waals surface area contributed by atoms with Crippen LogP contribution in [0.4, 0.5) is 5.69 Å². The molecule has 152 valence electrons. The van der Waals surface area contributed by atoms with E-state index in [0.717, 1.165) is 42.5 Å². The molecular formula is C23H32N2O2S. The van der Waals surface area contributed by atoms with Gasteiger partial charge in [-0.3, -0.25) is 5.32 Å². The van der Waals surface area contributed by atoms with Crippen molar-refractivity contribution in [1.82, 2.24) is 5.32 Å². The van der Waals surface area contributed by atoms with E-state index in [9.17, 15) is 8.42 Å². The fourth-order valence-electron chi connectivity index (χ4n) is 4.14. The maximum atomic E-state index is 13.4. The van der Waals surface area contributed by atoms with Crippen LogP contribution in [0.3, 0.4) is 0 Å². The molecule has 0 aromatic heterocycles. The number of hydrogen-bond donors (Lipinski definition) is 1. The van der Waals surface area contributed by atoms with Gasteiger partial charge in [0.1, 0.15) is 0 Å². The molecule has 0 saturated carbocycles. The summed E-state index contributed by atoms with van der Waals surface area (Å²) in [6.45, 7) is 4.25. The van der Waals surface area contributed by atoms with Gasteiger partial charge in [0, 0.05) is 25.3 Å². The van der Waals surface area contributed by atoms with Gasteiger partial charge in [0.25, 0.3) is 0 Å². The summed E-state index contributed by atoms with van der Waals surface area (Å²) >= 11 is 0. The smallest absolute Gasteiger partial charge is 0.180 e. The lowest BCUT2D eigenvalue weighted by Gasteiger charge is -2.36. The lowest BCUT2D eigenvalue weighted by Crippen LogP contribution is -2.50. The summed E-state index contributed by atoms with van der Waals surface area (Å²) in [7, 11) is 0.570. The van der Waals surface area contributed by atoms with Crippen LogP contribution in [0.5, 0.6) is 0 Å². The van der Waals surface area contributed by atoms with Gasteiger partial charge in [0.15, 0.2) is 9.84 Å². The predicted molar refractivity (Wildman–Crippen MR) is 117 cm³/mol. The van der Waals surface area contributed by atoms with Crippen LogP contribution in [0.2, 0.25) is 0 Å². The van der Waals surface area contributed by atoms with E-state index in [4.69, 9.17) is 0 Å². The van der Waals surface area contributed by atoms with Crippen molar-refractivity contribution in [2.45, 2.75) is 56.0 Å². The summed E-state index contributed by atoms with van der Waals surface area (Å²) in [6.07, 6.45) is 3.70. The van der Waals surface area contributed by atoms with Gasteiger partial charge >= 0.3 is 0 Å². The van der Waals surface area contributed by atoms with Gasteiger partial charge in [-0.2, -0.15) is 0 Å². The SMILES string of the molecule is CCCCC1(CC)CS(=O)(=O)c2ccc(N(C)C)cc2[C@@H](c2ccccc2)N1. The molecule has 28 heavy (non-hydrogen) atoms. The molecule has 3 rings (SSSR count). The molecule has 0 saturated heterocycles. The third kappa shape index (κ3) is 4.11. The Bertz CT molecular complexity index is 909. The lowest BCUT2D eigenvalue weighted by molar-refractivity contribution is 0.295. The normalized spacial score (nSPS) is 23.6. The molecule has 2 aromatic rings. The van der Waals surface area contributed by atoms with Crippen LogP contribution >= 0.6 is 0 Å². The zero-order chi connectivity index (χ0) is 20.4. The van der Waals surface area contributed by atoms with Crippen LogP contribution in [0.15, 0.2) is 53.4 Å². The van der Waals surface area contributed by atoms with Crippen molar-refractivity contribution < 1.29 is 8.42 Å². The molecule has 1 heterocycles. The second-order valence-electron chi connectivity index (χ2n) is 8.10. The second kappa shape index (κ2) is 8.26. The molecule has 0 fully saturated rings. The highest BCUT2D eigenvalue weighted by Crippen LogP contribution is 2.39. The van der Waals surface area contributed by atoms with Crippen molar-refractivity contribution in [3.63, 3.8) is 0 Å². The van der Waals surface area contributed by atoms with Crippen molar-refractivity contribution in [1.29, 1.82) is 0 Å². The molecule has 0 bridgehead atoms. The number of benzene rings is 2. The average molecular weight is 401 g/mol. The molecule has 1 unspecified atom stereocenters. The molecular weight excluding hydrogens is 368 g/mol. The summed E-state index contributed by atoms with van der Waals surface area (Å²) in [5.41, 5.74) is 2.54. The third-order valence-corrected chi connectivity index (χ3v) is 7.87. The Morgan fingerprint density at radius 3 is 2.43 bits per heavy atom. The molecule has 0 radical (unpaired) electrons. The molecule has 5 heteroatoms. The number of unbranched alkanes of at least 4 members (excludes halogenated alkanes) is 1. The third-order valence-electron chi connectivity index (χ3n) is 5.89. The average Bonchev–Trinajstić information content (AvgIpc) is 2.79. The van der Waals surface area contributed by atoms with Crippen LogP contribution in [0.1, 0.15) is 56.7 Å². The standard InChI is InChI=1S/C23H32N2O2S/c1-5-7-15-23(6-2)17-28(26,27)21-14-13-19(25(3)4)16-20(21)22(24-23)18-11-9-8-10-12-18/h8-14,16,22,24H,5-7,15,17H2,1-4H3/t22-,23?/m1/s1. The van der Waals surface area contributed by atoms with Crippen molar-refractivity contribution in [2.75, 3.05) is 24.7 Å². The van der Waals surface area contributed by atoms with E-state index in [1.807, 2.05) is 49.3 Å². The van der Waals surface area contributed by atoms with E-state index in [2.05, 4.69) is 31.3 Å². The minimum absolute atomic E-state index is 0.147. The van der Waals surface area contributed by atoms with Crippen LogP contribution in [-0.4, -0.2) is 33.8 Å². The maximum Gasteiger partial charge on any atom is 0.180 e. The number of sulfone groups is 1. The van der Waals surface area contributed by atoms with Crippen molar-refractivity contribution >= 4 is 15.5 Å². The number of hydrogen-bond acceptors (Lipinski definition) is 4. The fourth-order valence-corrected chi connectivity index (χ4v) is 6.26. The van der Waals surface area contributed by atoms with Gasteiger partial charge in [-0.05, 0) is 42.2 Å². The van der Waals surface area contributed by atoms with Gasteiger partial charge < -0.3 is 4.90 Å². The molecule has 0 aliphatic carbocycles. The van der Waals surface area contributed by atoms with E-state index in [-0.39, 0.29) is 11.8 Å². The molecule has 4 nitrogen and oxygen atoms in total. The predicted octanol–water partition coefficient (Wildman–Crippen LogP) is 4.56. The Kier molecular flexibility index (Phi) is 6.15. The molecule has 1 aliphatic heterocycles. The van der Waals surface area contributed by atoms with E-state index in [1.54, 1.807) is 6.07 Å². The number of anilines is 1. The molecule has 2 aromatic carbocycles. The Balaban J connectivity index is 2.23. The zero-order valence-electron chi connectivity index (χ0n) is 17.4. The summed E-state index contributed by atoms with van der Waals surface area (Å²) < 4.78 is 26.9. The minimum atomic E-state index is -3.39. The highest BCUT2D eigenvalue weighted by molar-refractivity contribution is 7.91. The largest absolute Gasteiger partial charge is 0.378 e. The van der Waals surface area contributed by atoms with Crippen molar-refractivity contribution in [3.05, 3.63) is 59.7 Å². The first-order valence-corrected chi connectivity index (χ1v) is 11.8. The number of nitrogens with one attached hydrogen (secondary N) is 1. The fraction of sp³-hybridized carbons (Fsp3) is 0.478. The summed E-state index contributed by atoms with van der Waals surface area (Å²) in [6, 6.07) is 15.8. The monoisotopic (exact) mass is 400 g/mol. The van der Waals surface area contributed by atoms with E-state index >= 15 is 0 Å². The quantitative estimate of drug-likeness (QED) is 0.772. The first-order valence-electron chi connectivity index (χ1n) is 10.2. The van der Waals surface area contributed by atoms with E-state index in [1.165, 1.54) is 0 Å². The highest BCUT2D eigenvalue weighted by Gasteiger charge is 2.41. The summed E-state index contributed by atoms with van der Waals surface area (Å²) in [5.74, 6) is 0.147. The van der Waals surface area contributed by atoms with Gasteiger partial charge in [-0.1, -0.05) is 57.0 Å². The summed E-state index contributed by atoms with van der Waals surface area (Å²) in [5, 5.41) is 3.81. The molecule has 2 atom stereocenters. The first-order chi connectivity index (χ1) is 13.3. The maximum absolute atomic E-state index is 13.4. The van der Waals surface area contributed by atoms with Gasteiger partial charge in [0.05, 0.1) is 16.7 Å². The van der Waals surface area contributed by atoms with Gasteiger partial charge in [-0.25, -0.2) is 8.42 Å². The Hall–Kier alpha value is -1.85. The molecule has 0 spiro atoms. The Labute approximate surface area is 169 Å². The molecule has 0 amide bonds. The first kappa shape index (κ1) is 20.9. The number of fused-ring (bicyclic) bond motifs is 1. The van der Waals surface area contributed by atoms with Crippen LogP contribution in [0, 0.1) is 0 Å². The van der Waals surface area contributed by atoms with Crippen LogP contribution < -0.4 is 10.2 Å².